The minimum Gasteiger partial charge on any atom is -0.366 e. The monoisotopic (exact) mass is 222 g/mol. The van der Waals surface area contributed by atoms with E-state index in [0.717, 1.165) is 0 Å². The van der Waals surface area contributed by atoms with Gasteiger partial charge in [-0.05, 0) is 19.1 Å². The predicted molar refractivity (Wildman–Crippen MR) is 59.9 cm³/mol. The summed E-state index contributed by atoms with van der Waals surface area (Å²) in [7, 11) is 1.56. The number of likely N-dealkylation sites (N-methyl/N-ethyl adjacent to an activating group) is 1. The summed E-state index contributed by atoms with van der Waals surface area (Å²) in [6.07, 6.45) is 1.36. The second-order valence-electron chi connectivity index (χ2n) is 3.28. The average Bonchev–Trinajstić information content (AvgIpc) is 2.28. The van der Waals surface area contributed by atoms with Crippen LogP contribution in [0.15, 0.2) is 18.3 Å². The van der Waals surface area contributed by atoms with Crippen LogP contribution in [0.2, 0.25) is 0 Å². The highest BCUT2D eigenvalue weighted by atomic mass is 16.2. The van der Waals surface area contributed by atoms with Crippen molar-refractivity contribution in [2.75, 3.05) is 12.4 Å². The van der Waals surface area contributed by atoms with Crippen molar-refractivity contribution < 1.29 is 9.59 Å². The lowest BCUT2D eigenvalue weighted by Crippen LogP contribution is -2.35. The maximum atomic E-state index is 11.2. The minimum absolute atomic E-state index is 0.138. The van der Waals surface area contributed by atoms with Crippen LogP contribution in [-0.4, -0.2) is 29.9 Å². The molecule has 1 aromatic rings. The molecule has 6 nitrogen and oxygen atoms in total. The minimum atomic E-state index is -0.529. The van der Waals surface area contributed by atoms with E-state index in [9.17, 15) is 9.59 Å². The molecule has 1 rings (SSSR count). The molecule has 1 unspecified atom stereocenters. The van der Waals surface area contributed by atoms with Gasteiger partial charge in [0.05, 0.1) is 5.56 Å². The zero-order valence-electron chi connectivity index (χ0n) is 9.15. The zero-order chi connectivity index (χ0) is 12.1. The number of nitrogens with zero attached hydrogens (tertiary/aromatic N) is 1. The van der Waals surface area contributed by atoms with E-state index in [2.05, 4.69) is 15.6 Å². The smallest absolute Gasteiger partial charge is 0.250 e. The van der Waals surface area contributed by atoms with Crippen molar-refractivity contribution in [2.24, 2.45) is 5.73 Å². The Hall–Kier alpha value is -2.11. The van der Waals surface area contributed by atoms with E-state index < -0.39 is 11.9 Å². The molecule has 0 saturated carbocycles. The molecule has 0 aliphatic heterocycles. The van der Waals surface area contributed by atoms with Crippen LogP contribution in [0.5, 0.6) is 0 Å². The Bertz CT molecular complexity index is 388. The van der Waals surface area contributed by atoms with Crippen LogP contribution >= 0.6 is 0 Å². The predicted octanol–water partition coefficient (Wildman–Crippen LogP) is -0.273. The fourth-order valence-corrected chi connectivity index (χ4v) is 1.13. The summed E-state index contributed by atoms with van der Waals surface area (Å²) in [6, 6.07) is 2.75. The van der Waals surface area contributed by atoms with Gasteiger partial charge in [0, 0.05) is 13.2 Å². The van der Waals surface area contributed by atoms with Crippen molar-refractivity contribution >= 4 is 17.6 Å². The van der Waals surface area contributed by atoms with Crippen molar-refractivity contribution in [1.29, 1.82) is 0 Å². The average molecular weight is 222 g/mol. The Balaban J connectivity index is 2.68. The summed E-state index contributed by atoms with van der Waals surface area (Å²) >= 11 is 0. The Morgan fingerprint density at radius 1 is 1.44 bits per heavy atom. The first-order chi connectivity index (χ1) is 7.54. The lowest BCUT2D eigenvalue weighted by atomic mass is 10.2. The van der Waals surface area contributed by atoms with Crippen LogP contribution in [0.3, 0.4) is 0 Å². The molecule has 86 valence electrons. The van der Waals surface area contributed by atoms with E-state index in [0.29, 0.717) is 11.4 Å². The third kappa shape index (κ3) is 2.94. The van der Waals surface area contributed by atoms with Crippen molar-refractivity contribution in [3.05, 3.63) is 23.9 Å². The quantitative estimate of drug-likeness (QED) is 0.653. The molecule has 0 aliphatic rings. The van der Waals surface area contributed by atoms with Gasteiger partial charge in [0.15, 0.2) is 0 Å². The van der Waals surface area contributed by atoms with Crippen LogP contribution in [-0.2, 0) is 4.79 Å². The fourth-order valence-electron chi connectivity index (χ4n) is 1.13. The van der Waals surface area contributed by atoms with Gasteiger partial charge in [-0.2, -0.15) is 0 Å². The second kappa shape index (κ2) is 5.11. The lowest BCUT2D eigenvalue weighted by Gasteiger charge is -2.12. The number of pyridine rings is 1. The molecule has 1 atom stereocenters. The summed E-state index contributed by atoms with van der Waals surface area (Å²) in [6.45, 7) is 1.71. The summed E-state index contributed by atoms with van der Waals surface area (Å²) in [5, 5.41) is 5.39. The molecule has 0 saturated heterocycles. The van der Waals surface area contributed by atoms with Gasteiger partial charge in [-0.15, -0.1) is 0 Å². The van der Waals surface area contributed by atoms with E-state index in [4.69, 9.17) is 5.73 Å². The van der Waals surface area contributed by atoms with Gasteiger partial charge in [-0.3, -0.25) is 9.59 Å². The van der Waals surface area contributed by atoms with Crippen LogP contribution in [0, 0.1) is 0 Å². The third-order valence-electron chi connectivity index (χ3n) is 2.05. The normalized spacial score (nSPS) is 11.6. The number of nitrogens with two attached hydrogens (primary N) is 1. The van der Waals surface area contributed by atoms with E-state index in [1.165, 1.54) is 6.20 Å². The molecular weight excluding hydrogens is 208 g/mol. The number of amides is 2. The SMILES string of the molecule is CNC(=O)C(C)Nc1ccc(C(N)=O)cn1. The van der Waals surface area contributed by atoms with Gasteiger partial charge < -0.3 is 16.4 Å². The molecule has 1 aromatic heterocycles. The first-order valence-electron chi connectivity index (χ1n) is 4.78. The van der Waals surface area contributed by atoms with Crippen LogP contribution in [0.25, 0.3) is 0 Å². The molecule has 0 spiro atoms. The van der Waals surface area contributed by atoms with Crippen LogP contribution < -0.4 is 16.4 Å². The number of anilines is 1. The standard InChI is InChI=1S/C10H14N4O2/c1-6(10(16)12-2)14-8-4-3-7(5-13-8)9(11)15/h3-6H,1-2H3,(H2,11,15)(H,12,16)(H,13,14). The second-order valence-corrected chi connectivity index (χ2v) is 3.28. The number of hydrogen-bond acceptors (Lipinski definition) is 4. The van der Waals surface area contributed by atoms with Gasteiger partial charge in [0.2, 0.25) is 11.8 Å². The molecule has 0 fully saturated rings. The first-order valence-corrected chi connectivity index (χ1v) is 4.78. The molecule has 0 bridgehead atoms. The van der Waals surface area contributed by atoms with Gasteiger partial charge in [0.1, 0.15) is 11.9 Å². The molecule has 16 heavy (non-hydrogen) atoms. The van der Waals surface area contributed by atoms with Crippen molar-refractivity contribution in [2.45, 2.75) is 13.0 Å². The molecule has 0 aliphatic carbocycles. The molecular formula is C10H14N4O2. The number of carbonyl (C=O) groups is 2. The highest BCUT2D eigenvalue weighted by Gasteiger charge is 2.10. The van der Waals surface area contributed by atoms with Crippen molar-refractivity contribution in [1.82, 2.24) is 10.3 Å². The summed E-state index contributed by atoms with van der Waals surface area (Å²) in [5.74, 6) is -0.153. The Labute approximate surface area is 93.2 Å². The molecule has 4 N–H and O–H groups in total. The van der Waals surface area contributed by atoms with E-state index in [-0.39, 0.29) is 5.91 Å². The molecule has 2 amide bonds. The van der Waals surface area contributed by atoms with Gasteiger partial charge in [0.25, 0.3) is 0 Å². The van der Waals surface area contributed by atoms with E-state index >= 15 is 0 Å². The Morgan fingerprint density at radius 2 is 2.12 bits per heavy atom. The van der Waals surface area contributed by atoms with Gasteiger partial charge in [-0.1, -0.05) is 0 Å². The summed E-state index contributed by atoms with van der Waals surface area (Å²) < 4.78 is 0. The number of aromatic nitrogens is 1. The van der Waals surface area contributed by atoms with Crippen LogP contribution in [0.1, 0.15) is 17.3 Å². The highest BCUT2D eigenvalue weighted by molar-refractivity contribution is 5.92. The van der Waals surface area contributed by atoms with Crippen molar-refractivity contribution in [3.63, 3.8) is 0 Å². The largest absolute Gasteiger partial charge is 0.366 e. The first kappa shape index (κ1) is 12.0. The fraction of sp³-hybridized carbons (Fsp3) is 0.300. The maximum absolute atomic E-state index is 11.2. The topological polar surface area (TPSA) is 97.1 Å². The Kier molecular flexibility index (Phi) is 3.82. The number of carbonyl (C=O) groups excluding carboxylic acids is 2. The number of nitrogens with one attached hydrogen (secondary N) is 2. The third-order valence-corrected chi connectivity index (χ3v) is 2.05. The van der Waals surface area contributed by atoms with E-state index in [1.54, 1.807) is 26.1 Å². The number of hydrogen-bond donors (Lipinski definition) is 3. The molecule has 6 heteroatoms. The number of primary amides is 1. The summed E-state index contributed by atoms with van der Waals surface area (Å²) in [4.78, 5) is 26.0. The van der Waals surface area contributed by atoms with Crippen molar-refractivity contribution in [3.8, 4) is 0 Å². The maximum Gasteiger partial charge on any atom is 0.250 e. The van der Waals surface area contributed by atoms with Gasteiger partial charge >= 0.3 is 0 Å². The van der Waals surface area contributed by atoms with Gasteiger partial charge in [-0.25, -0.2) is 4.98 Å². The molecule has 1 heterocycles. The molecule has 0 radical (unpaired) electrons. The highest BCUT2D eigenvalue weighted by Crippen LogP contribution is 2.06. The molecule has 0 aromatic carbocycles. The zero-order valence-corrected chi connectivity index (χ0v) is 9.15. The van der Waals surface area contributed by atoms with E-state index in [1.807, 2.05) is 0 Å². The lowest BCUT2D eigenvalue weighted by molar-refractivity contribution is -0.121. The number of rotatable bonds is 4. The van der Waals surface area contributed by atoms with Crippen LogP contribution in [0.4, 0.5) is 5.82 Å². The Morgan fingerprint density at radius 3 is 2.56 bits per heavy atom. The summed E-state index contributed by atoms with van der Waals surface area (Å²) in [5.41, 5.74) is 5.40.